The highest BCUT2D eigenvalue weighted by atomic mass is 32.3. The lowest BCUT2D eigenvalue weighted by atomic mass is 10.0. The molecular weight excluding hydrogens is 303 g/mol. The van der Waals surface area contributed by atoms with Crippen molar-refractivity contribution in [2.45, 2.75) is 6.42 Å². The molecule has 1 aliphatic carbocycles. The second-order valence-electron chi connectivity index (χ2n) is 4.49. The third-order valence-corrected chi connectivity index (χ3v) is 6.61. The molecule has 0 unspecified atom stereocenters. The number of sulfone groups is 2. The van der Waals surface area contributed by atoms with E-state index in [0.717, 1.165) is 11.5 Å². The third-order valence-electron chi connectivity index (χ3n) is 2.89. The molecule has 1 aliphatic rings. The molecule has 0 radical (unpaired) electrons. The van der Waals surface area contributed by atoms with E-state index >= 15 is 0 Å². The highest BCUT2D eigenvalue weighted by molar-refractivity contribution is 8.14. The minimum Gasteiger partial charge on any atom is -0.233 e. The first-order valence-corrected chi connectivity index (χ1v) is 9.29. The minimum absolute atomic E-state index is 0.101. The van der Waals surface area contributed by atoms with Crippen molar-refractivity contribution in [3.8, 4) is 0 Å². The van der Waals surface area contributed by atoms with Gasteiger partial charge in [0.2, 0.25) is 9.84 Å². The molecule has 0 aliphatic heterocycles. The van der Waals surface area contributed by atoms with Crippen LogP contribution in [0.15, 0.2) is 34.1 Å². The van der Waals surface area contributed by atoms with Gasteiger partial charge in [-0.25, -0.2) is 21.2 Å². The molecule has 108 valence electrons. The molecule has 0 fully saturated rings. The Labute approximate surface area is 116 Å². The molecule has 0 saturated heterocycles. The van der Waals surface area contributed by atoms with Gasteiger partial charge in [-0.15, -0.1) is 0 Å². The van der Waals surface area contributed by atoms with Crippen LogP contribution < -0.4 is 10.4 Å². The van der Waals surface area contributed by atoms with Crippen LogP contribution in [-0.2, 0) is 19.7 Å². The highest BCUT2D eigenvalue weighted by Gasteiger charge is 2.30. The molecule has 0 spiro atoms. The fourth-order valence-electron chi connectivity index (χ4n) is 2.16. The summed E-state index contributed by atoms with van der Waals surface area (Å²) < 4.78 is 58.7. The van der Waals surface area contributed by atoms with E-state index < -0.39 is 29.9 Å². The van der Waals surface area contributed by atoms with Crippen LogP contribution in [0, 0.1) is 0 Å². The van der Waals surface area contributed by atoms with Gasteiger partial charge in [0, 0.05) is 6.26 Å². The predicted molar refractivity (Wildman–Crippen MR) is 76.0 cm³/mol. The Hall–Kier alpha value is -1.47. The molecule has 1 aromatic rings. The van der Waals surface area contributed by atoms with E-state index in [4.69, 9.17) is 0 Å². The lowest BCUT2D eigenvalue weighted by molar-refractivity contribution is 0.539. The Morgan fingerprint density at radius 1 is 1.15 bits per heavy atom. The first kappa shape index (κ1) is 14.9. The van der Waals surface area contributed by atoms with Gasteiger partial charge in [-0.2, -0.15) is 0 Å². The average Bonchev–Trinajstić information content (AvgIpc) is 2.36. The van der Waals surface area contributed by atoms with Crippen LogP contribution in [0.2, 0.25) is 0 Å². The number of alkyl halides is 1. The molecule has 0 N–H and O–H groups in total. The van der Waals surface area contributed by atoms with E-state index in [1.165, 1.54) is 6.08 Å². The maximum absolute atomic E-state index is 12.7. The van der Waals surface area contributed by atoms with Gasteiger partial charge < -0.3 is 0 Å². The molecule has 0 heterocycles. The van der Waals surface area contributed by atoms with Gasteiger partial charge in [-0.3, -0.25) is 0 Å². The fraction of sp³-hybridized carbons (Fsp3) is 0.231. The molecule has 1 aromatic carbocycles. The number of benzene rings is 1. The summed E-state index contributed by atoms with van der Waals surface area (Å²) >= 11 is 0. The Kier molecular flexibility index (Phi) is 3.84. The van der Waals surface area contributed by atoms with Crippen LogP contribution in [-0.4, -0.2) is 29.1 Å². The zero-order valence-corrected chi connectivity index (χ0v) is 12.3. The molecule has 0 amide bonds. The normalized spacial score (nSPS) is 17.7. The van der Waals surface area contributed by atoms with E-state index in [0.29, 0.717) is 5.22 Å². The van der Waals surface area contributed by atoms with Gasteiger partial charge in [0.15, 0.2) is 20.1 Å². The zero-order chi connectivity index (χ0) is 15.0. The number of fused-ring (bicyclic) bond motifs is 1. The lowest BCUT2D eigenvalue weighted by Crippen LogP contribution is -2.27. The van der Waals surface area contributed by atoms with E-state index in [1.54, 1.807) is 18.2 Å². The molecule has 4 nitrogen and oxygen atoms in total. The Bertz CT molecular complexity index is 894. The number of allylic oxidation sites excluding steroid dienone is 1. The maximum Gasteiger partial charge on any atom is 0.218 e. The average molecular weight is 316 g/mol. The number of hydrogen-bond donors (Lipinski definition) is 0. The standard InChI is InChI=1S/C13H13FO4S2/c1-19(15,16)13(20(17,18)9-14)12-7-6-10-4-2-3-5-11(10)8-12/h2-6,8H,7,9H2,1H3/b13-12+. The first-order valence-electron chi connectivity index (χ1n) is 5.74. The van der Waals surface area contributed by atoms with Gasteiger partial charge in [0.05, 0.1) is 0 Å². The van der Waals surface area contributed by atoms with Gasteiger partial charge in [-0.1, -0.05) is 30.3 Å². The van der Waals surface area contributed by atoms with Crippen molar-refractivity contribution >= 4 is 31.8 Å². The summed E-state index contributed by atoms with van der Waals surface area (Å²) in [7, 11) is -8.48. The zero-order valence-electron chi connectivity index (χ0n) is 10.7. The number of halogens is 1. The first-order chi connectivity index (χ1) is 9.25. The maximum atomic E-state index is 12.7. The molecule has 7 heteroatoms. The van der Waals surface area contributed by atoms with Crippen LogP contribution in [0.25, 0.3) is 12.2 Å². The van der Waals surface area contributed by atoms with Gasteiger partial charge in [0.1, 0.15) is 0 Å². The Balaban J connectivity index is 2.83. The summed E-state index contributed by atoms with van der Waals surface area (Å²) in [5, 5.41) is 1.60. The van der Waals surface area contributed by atoms with Crippen molar-refractivity contribution < 1.29 is 21.2 Å². The fourth-order valence-corrected chi connectivity index (χ4v) is 5.39. The quantitative estimate of drug-likeness (QED) is 0.801. The Morgan fingerprint density at radius 3 is 2.30 bits per heavy atom. The largest absolute Gasteiger partial charge is 0.233 e. The molecule has 0 saturated carbocycles. The highest BCUT2D eigenvalue weighted by Crippen LogP contribution is 2.24. The third kappa shape index (κ3) is 2.83. The van der Waals surface area contributed by atoms with Crippen LogP contribution >= 0.6 is 0 Å². The lowest BCUT2D eigenvalue weighted by Gasteiger charge is -2.11. The molecule has 0 bridgehead atoms. The van der Waals surface area contributed by atoms with E-state index in [9.17, 15) is 21.2 Å². The number of hydrogen-bond acceptors (Lipinski definition) is 4. The van der Waals surface area contributed by atoms with Crippen molar-refractivity contribution in [2.24, 2.45) is 0 Å². The van der Waals surface area contributed by atoms with Gasteiger partial charge in [-0.05, 0) is 28.5 Å². The molecule has 2 rings (SSSR count). The summed E-state index contributed by atoms with van der Waals surface area (Å²) in [6.45, 7) is 0. The van der Waals surface area contributed by atoms with Crippen molar-refractivity contribution in [1.29, 1.82) is 0 Å². The monoisotopic (exact) mass is 316 g/mol. The van der Waals surface area contributed by atoms with E-state index in [1.807, 2.05) is 12.1 Å². The Morgan fingerprint density at radius 2 is 1.75 bits per heavy atom. The molecule has 0 atom stereocenters. The van der Waals surface area contributed by atoms with E-state index in [-0.39, 0.29) is 12.0 Å². The van der Waals surface area contributed by atoms with Crippen LogP contribution in [0.1, 0.15) is 6.42 Å². The molecular formula is C13H13FO4S2. The van der Waals surface area contributed by atoms with Crippen molar-refractivity contribution in [1.82, 2.24) is 0 Å². The summed E-state index contributed by atoms with van der Waals surface area (Å²) in [5.74, 6) is 0. The van der Waals surface area contributed by atoms with Crippen molar-refractivity contribution in [3.05, 3.63) is 44.5 Å². The van der Waals surface area contributed by atoms with Gasteiger partial charge >= 0.3 is 0 Å². The van der Waals surface area contributed by atoms with Gasteiger partial charge in [0.25, 0.3) is 0 Å². The second kappa shape index (κ2) is 5.14. The predicted octanol–water partition coefficient (Wildman–Crippen LogP) is 0.249. The van der Waals surface area contributed by atoms with E-state index in [2.05, 4.69) is 0 Å². The van der Waals surface area contributed by atoms with Crippen LogP contribution in [0.5, 0.6) is 0 Å². The molecule has 0 aromatic heterocycles. The summed E-state index contributed by atoms with van der Waals surface area (Å²) in [4.78, 5) is 0. The van der Waals surface area contributed by atoms with Crippen LogP contribution in [0.4, 0.5) is 4.39 Å². The molecule has 20 heavy (non-hydrogen) atoms. The summed E-state index contributed by atoms with van der Waals surface area (Å²) in [6.07, 6.45) is 4.12. The van der Waals surface area contributed by atoms with Crippen LogP contribution in [0.3, 0.4) is 0 Å². The second-order valence-corrected chi connectivity index (χ2v) is 8.56. The topological polar surface area (TPSA) is 68.3 Å². The van der Waals surface area contributed by atoms with Crippen molar-refractivity contribution in [3.63, 3.8) is 0 Å². The summed E-state index contributed by atoms with van der Waals surface area (Å²) in [6, 6.07) is 5.44. The minimum atomic E-state index is -4.45. The number of rotatable bonds is 3. The smallest absolute Gasteiger partial charge is 0.218 e. The van der Waals surface area contributed by atoms with Crippen molar-refractivity contribution in [2.75, 3.05) is 12.3 Å². The SMILES string of the molecule is CS(=O)(=O)/C(=C1\C=c2ccccc2=CC1)S(=O)(=O)CF. The summed E-state index contributed by atoms with van der Waals surface area (Å²) in [5.41, 5.74) is 0.101.